The molecule has 74 valence electrons. The van der Waals surface area contributed by atoms with Crippen molar-refractivity contribution in [3.8, 4) is 0 Å². The van der Waals surface area contributed by atoms with E-state index in [-0.39, 0.29) is 6.09 Å². The Morgan fingerprint density at radius 1 is 1.62 bits per heavy atom. The molecule has 0 aromatic carbocycles. The lowest BCUT2D eigenvalue weighted by Gasteiger charge is -2.27. The second-order valence-corrected chi connectivity index (χ2v) is 3.25. The van der Waals surface area contributed by atoms with Gasteiger partial charge in [-0.05, 0) is 0 Å². The summed E-state index contributed by atoms with van der Waals surface area (Å²) >= 11 is 0. The topological polar surface area (TPSA) is 50.8 Å². The second-order valence-electron chi connectivity index (χ2n) is 3.25. The van der Waals surface area contributed by atoms with Crippen LogP contribution in [0.15, 0.2) is 0 Å². The number of nitrogens with one attached hydrogen (secondary N) is 1. The molecule has 0 atom stereocenters. The van der Waals surface area contributed by atoms with Crippen molar-refractivity contribution in [2.45, 2.75) is 6.10 Å². The highest BCUT2D eigenvalue weighted by atomic mass is 16.6. The predicted octanol–water partition coefficient (Wildman–Crippen LogP) is -0.573. The largest absolute Gasteiger partial charge is 0.448 e. The van der Waals surface area contributed by atoms with Crippen molar-refractivity contribution in [2.24, 2.45) is 0 Å². The standard InChI is InChI=1S/C8H14N2O3/c11-8-10(2-4-13-8)1-3-12-7-5-9-6-7/h7,9H,1-6H2. The molecule has 0 unspecified atom stereocenters. The Morgan fingerprint density at radius 3 is 3.00 bits per heavy atom. The molecule has 5 nitrogen and oxygen atoms in total. The highest BCUT2D eigenvalue weighted by Crippen LogP contribution is 2.03. The molecule has 0 bridgehead atoms. The molecule has 0 radical (unpaired) electrons. The molecule has 0 spiro atoms. The SMILES string of the molecule is O=C1OCCN1CCOC1CNC1. The summed E-state index contributed by atoms with van der Waals surface area (Å²) in [6.07, 6.45) is 0.133. The van der Waals surface area contributed by atoms with E-state index in [2.05, 4.69) is 5.32 Å². The summed E-state index contributed by atoms with van der Waals surface area (Å²) < 4.78 is 10.3. The zero-order chi connectivity index (χ0) is 9.10. The van der Waals surface area contributed by atoms with E-state index in [0.717, 1.165) is 13.1 Å². The Hall–Kier alpha value is -0.810. The number of hydrogen-bond acceptors (Lipinski definition) is 4. The lowest BCUT2D eigenvalue weighted by molar-refractivity contribution is 0.0124. The summed E-state index contributed by atoms with van der Waals surface area (Å²) in [4.78, 5) is 12.6. The van der Waals surface area contributed by atoms with Gasteiger partial charge in [-0.2, -0.15) is 0 Å². The smallest absolute Gasteiger partial charge is 0.410 e. The van der Waals surface area contributed by atoms with Crippen molar-refractivity contribution < 1.29 is 14.3 Å². The zero-order valence-electron chi connectivity index (χ0n) is 7.49. The fourth-order valence-corrected chi connectivity index (χ4v) is 1.34. The number of ether oxygens (including phenoxy) is 2. The van der Waals surface area contributed by atoms with Crippen LogP contribution in [-0.4, -0.2) is 56.5 Å². The summed E-state index contributed by atoms with van der Waals surface area (Å²) in [5, 5.41) is 3.12. The lowest BCUT2D eigenvalue weighted by Crippen LogP contribution is -2.49. The molecule has 2 saturated heterocycles. The Morgan fingerprint density at radius 2 is 2.46 bits per heavy atom. The molecule has 0 aromatic heterocycles. The third-order valence-corrected chi connectivity index (χ3v) is 2.30. The Kier molecular flexibility index (Phi) is 2.65. The van der Waals surface area contributed by atoms with E-state index in [1.54, 1.807) is 4.90 Å². The maximum Gasteiger partial charge on any atom is 0.410 e. The average Bonchev–Trinajstić information content (AvgIpc) is 2.42. The van der Waals surface area contributed by atoms with Crippen molar-refractivity contribution >= 4 is 6.09 Å². The lowest BCUT2D eigenvalue weighted by atomic mass is 10.2. The van der Waals surface area contributed by atoms with E-state index in [1.165, 1.54) is 0 Å². The summed E-state index contributed by atoms with van der Waals surface area (Å²) in [6, 6.07) is 0. The number of carbonyl (C=O) groups excluding carboxylic acids is 1. The molecule has 0 saturated carbocycles. The van der Waals surface area contributed by atoms with Crippen LogP contribution in [0.2, 0.25) is 0 Å². The van der Waals surface area contributed by atoms with Gasteiger partial charge in [-0.3, -0.25) is 0 Å². The van der Waals surface area contributed by atoms with E-state index >= 15 is 0 Å². The molecule has 5 heteroatoms. The third kappa shape index (κ3) is 2.10. The van der Waals surface area contributed by atoms with Crippen LogP contribution >= 0.6 is 0 Å². The van der Waals surface area contributed by atoms with E-state index in [4.69, 9.17) is 9.47 Å². The van der Waals surface area contributed by atoms with Crippen LogP contribution in [-0.2, 0) is 9.47 Å². The molecule has 2 fully saturated rings. The Bertz CT molecular complexity index is 194. The van der Waals surface area contributed by atoms with Gasteiger partial charge < -0.3 is 19.7 Å². The number of carbonyl (C=O) groups is 1. The van der Waals surface area contributed by atoms with Gasteiger partial charge >= 0.3 is 6.09 Å². The first-order chi connectivity index (χ1) is 6.36. The highest BCUT2D eigenvalue weighted by molar-refractivity contribution is 5.69. The number of nitrogens with zero attached hydrogens (tertiary/aromatic N) is 1. The molecule has 0 aromatic rings. The van der Waals surface area contributed by atoms with Crippen LogP contribution < -0.4 is 5.32 Å². The van der Waals surface area contributed by atoms with Crippen LogP contribution in [0.25, 0.3) is 0 Å². The molecular weight excluding hydrogens is 172 g/mol. The molecule has 0 aliphatic carbocycles. The number of hydrogen-bond donors (Lipinski definition) is 1. The molecule has 2 heterocycles. The third-order valence-electron chi connectivity index (χ3n) is 2.30. The molecule has 2 aliphatic heterocycles. The molecule has 2 rings (SSSR count). The van der Waals surface area contributed by atoms with E-state index < -0.39 is 0 Å². The maximum atomic E-state index is 11.0. The van der Waals surface area contributed by atoms with Crippen molar-refractivity contribution in [2.75, 3.05) is 39.4 Å². The fraction of sp³-hybridized carbons (Fsp3) is 0.875. The van der Waals surface area contributed by atoms with Crippen molar-refractivity contribution in [1.82, 2.24) is 10.2 Å². The van der Waals surface area contributed by atoms with E-state index in [0.29, 0.717) is 32.4 Å². The normalized spacial score (nSPS) is 23.1. The Balaban J connectivity index is 1.58. The summed E-state index contributed by atoms with van der Waals surface area (Å²) in [6.45, 7) is 4.35. The van der Waals surface area contributed by atoms with Gasteiger partial charge in [-0.15, -0.1) is 0 Å². The van der Waals surface area contributed by atoms with Crippen molar-refractivity contribution in [3.05, 3.63) is 0 Å². The van der Waals surface area contributed by atoms with Gasteiger partial charge in [0, 0.05) is 19.6 Å². The number of rotatable bonds is 4. The van der Waals surface area contributed by atoms with Gasteiger partial charge in [0.2, 0.25) is 0 Å². The molecular formula is C8H14N2O3. The van der Waals surface area contributed by atoms with Crippen LogP contribution in [0.4, 0.5) is 4.79 Å². The summed E-state index contributed by atoms with van der Waals surface area (Å²) in [5.74, 6) is 0. The van der Waals surface area contributed by atoms with E-state index in [9.17, 15) is 4.79 Å². The summed E-state index contributed by atoms with van der Waals surface area (Å²) in [5.41, 5.74) is 0. The van der Waals surface area contributed by atoms with Crippen molar-refractivity contribution in [3.63, 3.8) is 0 Å². The first-order valence-electron chi connectivity index (χ1n) is 4.60. The minimum Gasteiger partial charge on any atom is -0.448 e. The van der Waals surface area contributed by atoms with Crippen molar-refractivity contribution in [1.29, 1.82) is 0 Å². The van der Waals surface area contributed by atoms with Gasteiger partial charge in [0.1, 0.15) is 6.61 Å². The molecule has 1 N–H and O–H groups in total. The van der Waals surface area contributed by atoms with Crippen LogP contribution in [0.1, 0.15) is 0 Å². The van der Waals surface area contributed by atoms with Gasteiger partial charge in [-0.25, -0.2) is 4.79 Å². The molecule has 1 amide bonds. The molecule has 2 aliphatic rings. The highest BCUT2D eigenvalue weighted by Gasteiger charge is 2.22. The van der Waals surface area contributed by atoms with Gasteiger partial charge in [0.25, 0.3) is 0 Å². The maximum absolute atomic E-state index is 11.0. The zero-order valence-corrected chi connectivity index (χ0v) is 7.49. The monoisotopic (exact) mass is 186 g/mol. The van der Waals surface area contributed by atoms with Crippen LogP contribution in [0.3, 0.4) is 0 Å². The average molecular weight is 186 g/mol. The van der Waals surface area contributed by atoms with Gasteiger partial charge in [0.05, 0.1) is 19.3 Å². The minimum absolute atomic E-state index is 0.213. The first kappa shape index (κ1) is 8.77. The van der Waals surface area contributed by atoms with Gasteiger partial charge in [-0.1, -0.05) is 0 Å². The minimum atomic E-state index is -0.213. The van der Waals surface area contributed by atoms with Crippen LogP contribution in [0, 0.1) is 0 Å². The quantitative estimate of drug-likeness (QED) is 0.638. The first-order valence-corrected chi connectivity index (χ1v) is 4.60. The van der Waals surface area contributed by atoms with Gasteiger partial charge in [0.15, 0.2) is 0 Å². The fourth-order valence-electron chi connectivity index (χ4n) is 1.34. The Labute approximate surface area is 77.0 Å². The van der Waals surface area contributed by atoms with E-state index in [1.807, 2.05) is 0 Å². The van der Waals surface area contributed by atoms with Crippen LogP contribution in [0.5, 0.6) is 0 Å². The predicted molar refractivity (Wildman–Crippen MR) is 45.5 cm³/mol. The second kappa shape index (κ2) is 3.93. The molecule has 13 heavy (non-hydrogen) atoms. The summed E-state index contributed by atoms with van der Waals surface area (Å²) in [7, 11) is 0. The number of cyclic esters (lactones) is 1. The number of amides is 1.